The Morgan fingerprint density at radius 3 is 0.676 bits per heavy atom. The summed E-state index contributed by atoms with van der Waals surface area (Å²) in [6.45, 7) is 4.90. The fourth-order valence-corrected chi connectivity index (χ4v) is 7.17. The first-order valence-electron chi connectivity index (χ1n) is 24.2. The molecule has 0 fully saturated rings. The van der Waals surface area contributed by atoms with Crippen LogP contribution >= 0.6 is 0 Å². The molecule has 8 rings (SSSR count). The van der Waals surface area contributed by atoms with Crippen LogP contribution in [0.5, 0.6) is 17.2 Å². The van der Waals surface area contributed by atoms with E-state index < -0.39 is 0 Å². The Bertz CT molecular complexity index is 3150. The number of ether oxygens (including phenoxy) is 5. The Morgan fingerprint density at radius 2 is 0.473 bits per heavy atom. The predicted molar refractivity (Wildman–Crippen MR) is 289 cm³/mol. The first-order chi connectivity index (χ1) is 36.2. The van der Waals surface area contributed by atoms with Gasteiger partial charge in [0.15, 0.2) is 0 Å². The van der Waals surface area contributed by atoms with Gasteiger partial charge >= 0.3 is 11.9 Å². The van der Waals surface area contributed by atoms with Crippen molar-refractivity contribution in [3.63, 3.8) is 0 Å². The molecule has 0 atom stereocenters. The molecule has 0 radical (unpaired) electrons. The summed E-state index contributed by atoms with van der Waals surface area (Å²) in [4.78, 5) is 21.9. The summed E-state index contributed by atoms with van der Waals surface area (Å²) >= 11 is 0. The molecule has 7 nitrogen and oxygen atoms in total. The second-order valence-electron chi connectivity index (χ2n) is 17.1. The molecular weight excluding hydrogens is 917 g/mol. The number of benzene rings is 8. The van der Waals surface area contributed by atoms with Gasteiger partial charge in [0.25, 0.3) is 0 Å². The summed E-state index contributed by atoms with van der Waals surface area (Å²) in [5.74, 6) is 27.6. The van der Waals surface area contributed by atoms with Crippen molar-refractivity contribution in [2.24, 2.45) is 0 Å². The van der Waals surface area contributed by atoms with Crippen LogP contribution in [0.15, 0.2) is 194 Å². The Hall–Kier alpha value is -9.66. The van der Waals surface area contributed by atoms with Gasteiger partial charge < -0.3 is 23.7 Å². The molecule has 0 aliphatic rings. The Morgan fingerprint density at radius 1 is 0.284 bits per heavy atom. The van der Waals surface area contributed by atoms with Crippen LogP contribution in [0.2, 0.25) is 0 Å². The van der Waals surface area contributed by atoms with Gasteiger partial charge in [-0.15, -0.1) is 0 Å². The zero-order valence-corrected chi connectivity index (χ0v) is 41.3. The van der Waals surface area contributed by atoms with Crippen molar-refractivity contribution in [2.75, 3.05) is 13.2 Å². The van der Waals surface area contributed by atoms with E-state index in [1.54, 1.807) is 0 Å². The highest BCUT2D eigenvalue weighted by Gasteiger charge is 2.03. The average Bonchev–Trinajstić information content (AvgIpc) is 3.43. The molecule has 8 aromatic rings. The number of rotatable bonds is 15. The van der Waals surface area contributed by atoms with Gasteiger partial charge in [-0.2, -0.15) is 0 Å². The summed E-state index contributed by atoms with van der Waals surface area (Å²) in [6, 6.07) is 63.5. The van der Waals surface area contributed by atoms with Crippen LogP contribution in [-0.4, -0.2) is 25.2 Å². The molecule has 0 bridgehead atoms. The summed E-state index contributed by atoms with van der Waals surface area (Å²) < 4.78 is 28.2. The smallest absolute Gasteiger partial charge is 0.302 e. The third-order valence-electron chi connectivity index (χ3n) is 11.3. The predicted octanol–water partition coefficient (Wildman–Crippen LogP) is 12.2. The maximum atomic E-state index is 11.0. The second-order valence-corrected chi connectivity index (χ2v) is 17.1. The number of carbonyl (C=O) groups is 2. The van der Waals surface area contributed by atoms with Crippen molar-refractivity contribution < 1.29 is 33.3 Å². The van der Waals surface area contributed by atoms with E-state index >= 15 is 0 Å². The van der Waals surface area contributed by atoms with Crippen LogP contribution < -0.4 is 14.2 Å². The summed E-state index contributed by atoms with van der Waals surface area (Å²) in [6.07, 6.45) is 1.35. The van der Waals surface area contributed by atoms with Crippen molar-refractivity contribution in [1.29, 1.82) is 0 Å². The normalized spacial score (nSPS) is 10.1. The molecule has 0 spiro atoms. The molecule has 0 aromatic heterocycles. The van der Waals surface area contributed by atoms with Crippen molar-refractivity contribution in [3.8, 4) is 64.6 Å². The van der Waals surface area contributed by atoms with Gasteiger partial charge in [0.2, 0.25) is 0 Å². The standard InChI is InChI=1S/C67H52O7/c1-50(68)70-45-43-60-15-11-52(12-16-60)5-8-57-31-37-65(38-32-57)72-47-62-25-19-54(20-26-62)3-4-55-21-27-63(28-22-55)48-73-67-41-35-59(36-42-67)10-7-56-23-29-64(30-24-56)49-74-66-39-33-58(34-40-66)9-6-53-13-17-61(18-14-53)44-46-71-51(2)69/h11-42H,43-49H2,1-2H3. The number of carbonyl (C=O) groups excluding carboxylic acids is 2. The van der Waals surface area contributed by atoms with E-state index in [9.17, 15) is 9.59 Å². The lowest BCUT2D eigenvalue weighted by atomic mass is 10.1. The molecule has 7 heteroatoms. The van der Waals surface area contributed by atoms with Crippen LogP contribution in [0.1, 0.15) is 86.2 Å². The lowest BCUT2D eigenvalue weighted by molar-refractivity contribution is -0.141. The maximum Gasteiger partial charge on any atom is 0.302 e. The van der Waals surface area contributed by atoms with Crippen LogP contribution in [-0.2, 0) is 51.7 Å². The molecule has 362 valence electrons. The molecule has 0 aliphatic carbocycles. The average molecular weight is 969 g/mol. The number of esters is 2. The van der Waals surface area contributed by atoms with Crippen molar-refractivity contribution in [1.82, 2.24) is 0 Å². The zero-order chi connectivity index (χ0) is 51.2. The minimum absolute atomic E-state index is 0.268. The van der Waals surface area contributed by atoms with Gasteiger partial charge in [0, 0.05) is 71.2 Å². The minimum atomic E-state index is -0.268. The third-order valence-corrected chi connectivity index (χ3v) is 11.3. The summed E-state index contributed by atoms with van der Waals surface area (Å²) in [7, 11) is 0. The van der Waals surface area contributed by atoms with Crippen LogP contribution in [0.25, 0.3) is 0 Å². The van der Waals surface area contributed by atoms with Crippen LogP contribution in [0.3, 0.4) is 0 Å². The van der Waals surface area contributed by atoms with Crippen molar-refractivity contribution >= 4 is 11.9 Å². The molecule has 0 N–H and O–H groups in total. The molecule has 74 heavy (non-hydrogen) atoms. The number of hydrogen-bond acceptors (Lipinski definition) is 7. The second kappa shape index (κ2) is 26.5. The Kier molecular flexibility index (Phi) is 18.2. The minimum Gasteiger partial charge on any atom is -0.489 e. The van der Waals surface area contributed by atoms with Gasteiger partial charge in [-0.05, 0) is 161 Å². The van der Waals surface area contributed by atoms with E-state index in [1.165, 1.54) is 13.8 Å². The summed E-state index contributed by atoms with van der Waals surface area (Å²) in [5, 5.41) is 0. The number of hydrogen-bond donors (Lipinski definition) is 0. The highest BCUT2D eigenvalue weighted by molar-refractivity contribution is 5.66. The van der Waals surface area contributed by atoms with Crippen molar-refractivity contribution in [3.05, 3.63) is 266 Å². The van der Waals surface area contributed by atoms with Gasteiger partial charge in [-0.25, -0.2) is 0 Å². The molecular formula is C67H52O7. The first-order valence-corrected chi connectivity index (χ1v) is 24.2. The third kappa shape index (κ3) is 17.0. The summed E-state index contributed by atoms with van der Waals surface area (Å²) in [5.41, 5.74) is 12.6. The Balaban J connectivity index is 0.718. The quantitative estimate of drug-likeness (QED) is 0.0748. The topological polar surface area (TPSA) is 80.3 Å². The first kappa shape index (κ1) is 50.7. The van der Waals surface area contributed by atoms with E-state index in [4.69, 9.17) is 23.7 Å². The zero-order valence-electron chi connectivity index (χ0n) is 41.3. The maximum absolute atomic E-state index is 11.0. The monoisotopic (exact) mass is 968 g/mol. The van der Waals surface area contributed by atoms with Crippen LogP contribution in [0.4, 0.5) is 0 Å². The molecule has 0 saturated heterocycles. The van der Waals surface area contributed by atoms with Gasteiger partial charge in [0.1, 0.15) is 37.1 Å². The van der Waals surface area contributed by atoms with E-state index in [2.05, 4.69) is 47.4 Å². The molecule has 0 saturated carbocycles. The highest BCUT2D eigenvalue weighted by atomic mass is 16.5. The van der Waals surface area contributed by atoms with Gasteiger partial charge in [-0.1, -0.05) is 108 Å². The largest absolute Gasteiger partial charge is 0.489 e. The lowest BCUT2D eigenvalue weighted by Gasteiger charge is -2.07. The van der Waals surface area contributed by atoms with E-state index in [-0.39, 0.29) is 11.9 Å². The SMILES string of the molecule is CC(=O)OCCc1ccc(C#Cc2ccc(OCc3ccc(C#Cc4ccc(COc5ccc(C#Cc6ccc(COc7ccc(C#Cc8ccc(CCOC(C)=O)cc8)cc7)cc6)cc5)cc4)cc3)cc2)cc1. The Labute approximate surface area is 434 Å². The van der Waals surface area contributed by atoms with E-state index in [0.717, 1.165) is 89.6 Å². The molecule has 0 amide bonds. The fourth-order valence-electron chi connectivity index (χ4n) is 7.17. The molecule has 0 aliphatic heterocycles. The molecule has 0 unspecified atom stereocenters. The van der Waals surface area contributed by atoms with Gasteiger partial charge in [-0.3, -0.25) is 9.59 Å². The van der Waals surface area contributed by atoms with Crippen LogP contribution in [0, 0.1) is 47.4 Å². The highest BCUT2D eigenvalue weighted by Crippen LogP contribution is 2.18. The van der Waals surface area contributed by atoms with Gasteiger partial charge in [0.05, 0.1) is 13.2 Å². The van der Waals surface area contributed by atoms with E-state index in [0.29, 0.717) is 45.9 Å². The van der Waals surface area contributed by atoms with E-state index in [1.807, 2.05) is 194 Å². The molecule has 8 aromatic carbocycles. The molecule has 0 heterocycles. The fraction of sp³-hybridized carbons (Fsp3) is 0.134. The van der Waals surface area contributed by atoms with Crippen molar-refractivity contribution in [2.45, 2.75) is 46.5 Å². The lowest BCUT2D eigenvalue weighted by Crippen LogP contribution is -2.03.